The molecule has 0 radical (unpaired) electrons. The first-order chi connectivity index (χ1) is 16.9. The third-order valence-electron chi connectivity index (χ3n) is 6.25. The van der Waals surface area contributed by atoms with Crippen LogP contribution >= 0.6 is 0 Å². The smallest absolute Gasteiger partial charge is 0.257 e. The fraction of sp³-hybridized carbons (Fsp3) is 0.269. The molecule has 2 aromatic carbocycles. The first-order valence-corrected chi connectivity index (χ1v) is 11.4. The molecule has 4 aromatic rings. The van der Waals surface area contributed by atoms with Crippen LogP contribution < -0.4 is 20.5 Å². The Kier molecular flexibility index (Phi) is 6.00. The second-order valence-corrected chi connectivity index (χ2v) is 8.60. The number of aromatic nitrogens is 3. The summed E-state index contributed by atoms with van der Waals surface area (Å²) in [6, 6.07) is 11.0. The van der Waals surface area contributed by atoms with Crippen LogP contribution in [-0.2, 0) is 11.8 Å². The third-order valence-corrected chi connectivity index (χ3v) is 6.25. The summed E-state index contributed by atoms with van der Waals surface area (Å²) in [4.78, 5) is 30.6. The Balaban J connectivity index is 1.57. The zero-order valence-electron chi connectivity index (χ0n) is 19.9. The van der Waals surface area contributed by atoms with Gasteiger partial charge in [-0.3, -0.25) is 14.3 Å². The van der Waals surface area contributed by atoms with Crippen molar-refractivity contribution in [1.82, 2.24) is 14.8 Å². The second-order valence-electron chi connectivity index (χ2n) is 8.60. The highest BCUT2D eigenvalue weighted by molar-refractivity contribution is 6.10. The molecule has 0 atom stereocenters. The lowest BCUT2D eigenvalue weighted by atomic mass is 10.0. The summed E-state index contributed by atoms with van der Waals surface area (Å²) in [5, 5.41) is 8.13. The maximum atomic E-state index is 13.7. The summed E-state index contributed by atoms with van der Waals surface area (Å²) in [5.74, 6) is 0.209. The van der Waals surface area contributed by atoms with E-state index in [9.17, 15) is 9.59 Å². The Morgan fingerprint density at radius 3 is 2.66 bits per heavy atom. The number of fused-ring (bicyclic) bond motifs is 1. The quantitative estimate of drug-likeness (QED) is 0.461. The van der Waals surface area contributed by atoms with Crippen molar-refractivity contribution in [2.75, 3.05) is 43.6 Å². The Morgan fingerprint density at radius 2 is 1.94 bits per heavy atom. The number of amides is 1. The fourth-order valence-electron chi connectivity index (χ4n) is 4.46. The van der Waals surface area contributed by atoms with Crippen LogP contribution in [0, 0.1) is 6.92 Å². The minimum atomic E-state index is -0.253. The highest BCUT2D eigenvalue weighted by Crippen LogP contribution is 2.33. The number of nitrogens with zero attached hydrogens (tertiary/aromatic N) is 3. The van der Waals surface area contributed by atoms with E-state index in [0.717, 1.165) is 27.8 Å². The molecule has 35 heavy (non-hydrogen) atoms. The van der Waals surface area contributed by atoms with E-state index in [1.54, 1.807) is 16.9 Å². The van der Waals surface area contributed by atoms with Crippen LogP contribution in [0.25, 0.3) is 22.0 Å². The van der Waals surface area contributed by atoms with Gasteiger partial charge < -0.3 is 24.7 Å². The Labute approximate surface area is 202 Å². The Bertz CT molecular complexity index is 1470. The summed E-state index contributed by atoms with van der Waals surface area (Å²) >= 11 is 0. The van der Waals surface area contributed by atoms with Gasteiger partial charge in [0, 0.05) is 55.1 Å². The topological polar surface area (TPSA) is 101 Å². The number of anilines is 2. The zero-order chi connectivity index (χ0) is 24.5. The summed E-state index contributed by atoms with van der Waals surface area (Å²) in [6.07, 6.45) is 3.70. The van der Waals surface area contributed by atoms with Crippen LogP contribution in [0.1, 0.15) is 15.9 Å². The van der Waals surface area contributed by atoms with Crippen molar-refractivity contribution in [3.8, 4) is 16.9 Å². The number of methoxy groups -OCH3 is 1. The first-order valence-electron chi connectivity index (χ1n) is 11.4. The average Bonchev–Trinajstić information content (AvgIpc) is 3.30. The number of carbonyl (C=O) groups excluding carboxylic acids is 1. The zero-order valence-corrected chi connectivity index (χ0v) is 19.9. The number of pyridine rings is 1. The number of aromatic amines is 1. The number of benzene rings is 2. The van der Waals surface area contributed by atoms with Gasteiger partial charge in [0.1, 0.15) is 5.75 Å². The molecule has 0 unspecified atom stereocenters. The third kappa shape index (κ3) is 4.50. The molecule has 2 aromatic heterocycles. The van der Waals surface area contributed by atoms with Crippen molar-refractivity contribution in [2.45, 2.75) is 6.92 Å². The molecule has 1 aliphatic rings. The molecule has 1 saturated heterocycles. The van der Waals surface area contributed by atoms with E-state index in [4.69, 9.17) is 9.47 Å². The van der Waals surface area contributed by atoms with Crippen LogP contribution in [0.2, 0.25) is 0 Å². The van der Waals surface area contributed by atoms with Gasteiger partial charge in [-0.15, -0.1) is 0 Å². The lowest BCUT2D eigenvalue weighted by Gasteiger charge is -2.30. The monoisotopic (exact) mass is 473 g/mol. The lowest BCUT2D eigenvalue weighted by molar-refractivity contribution is 0.102. The van der Waals surface area contributed by atoms with Gasteiger partial charge >= 0.3 is 0 Å². The number of hydrogen-bond acceptors (Lipinski definition) is 6. The summed E-state index contributed by atoms with van der Waals surface area (Å²) in [7, 11) is 3.40. The summed E-state index contributed by atoms with van der Waals surface area (Å²) in [5.41, 5.74) is 5.03. The lowest BCUT2D eigenvalue weighted by Crippen LogP contribution is -2.37. The maximum absolute atomic E-state index is 13.7. The first kappa shape index (κ1) is 22.7. The predicted octanol–water partition coefficient (Wildman–Crippen LogP) is 3.33. The largest absolute Gasteiger partial charge is 0.494 e. The normalized spacial score (nSPS) is 13.7. The highest BCUT2D eigenvalue weighted by atomic mass is 16.5. The number of carbonyl (C=O) groups is 1. The number of H-pyrrole nitrogens is 1. The van der Waals surface area contributed by atoms with Crippen LogP contribution in [0.3, 0.4) is 0 Å². The molecule has 180 valence electrons. The maximum Gasteiger partial charge on any atom is 0.257 e. The van der Waals surface area contributed by atoms with E-state index in [1.807, 2.05) is 44.4 Å². The number of morpholine rings is 1. The van der Waals surface area contributed by atoms with E-state index in [0.29, 0.717) is 48.8 Å². The van der Waals surface area contributed by atoms with Gasteiger partial charge in [0.25, 0.3) is 5.91 Å². The minimum absolute atomic E-state index is 0.184. The van der Waals surface area contributed by atoms with Crippen molar-refractivity contribution < 1.29 is 14.3 Å². The SMILES string of the molecule is COc1cc2[nH]c(=O)cc(C)c2cc1NC(=O)c1cc(-c2cnn(C)c2)ccc1N1CCOCC1. The predicted molar refractivity (Wildman–Crippen MR) is 135 cm³/mol. The molecule has 0 spiro atoms. The van der Waals surface area contributed by atoms with Gasteiger partial charge in [-0.05, 0) is 36.2 Å². The van der Waals surface area contributed by atoms with Crippen LogP contribution in [0.15, 0.2) is 53.6 Å². The van der Waals surface area contributed by atoms with Gasteiger partial charge in [0.2, 0.25) is 5.56 Å². The van der Waals surface area contributed by atoms with E-state index in [-0.39, 0.29) is 11.5 Å². The van der Waals surface area contributed by atoms with Crippen molar-refractivity contribution >= 4 is 28.2 Å². The van der Waals surface area contributed by atoms with E-state index in [1.165, 1.54) is 13.2 Å². The van der Waals surface area contributed by atoms with Crippen LogP contribution in [0.4, 0.5) is 11.4 Å². The molecule has 0 aliphatic carbocycles. The van der Waals surface area contributed by atoms with Gasteiger partial charge in [0.15, 0.2) is 0 Å². The van der Waals surface area contributed by atoms with E-state index < -0.39 is 0 Å². The molecule has 9 nitrogen and oxygen atoms in total. The average molecular weight is 474 g/mol. The molecular formula is C26H27N5O4. The molecular weight excluding hydrogens is 446 g/mol. The minimum Gasteiger partial charge on any atom is -0.494 e. The second kappa shape index (κ2) is 9.27. The molecule has 1 aliphatic heterocycles. The number of aryl methyl sites for hydroxylation is 2. The highest BCUT2D eigenvalue weighted by Gasteiger charge is 2.21. The number of rotatable bonds is 5. The number of ether oxygens (including phenoxy) is 2. The summed E-state index contributed by atoms with van der Waals surface area (Å²) < 4.78 is 12.8. The van der Waals surface area contributed by atoms with Crippen molar-refractivity contribution in [3.05, 3.63) is 70.3 Å². The standard InChI is InChI=1S/C26H27N5O4/c1-16-10-25(32)28-21-13-24(34-3)22(12-19(16)21)29-26(33)20-11-17(18-14-27-30(2)15-18)4-5-23(20)31-6-8-35-9-7-31/h4-5,10-15H,6-9H2,1-3H3,(H,28,32)(H,29,33). The van der Waals surface area contributed by atoms with Crippen molar-refractivity contribution in [2.24, 2.45) is 7.05 Å². The molecule has 0 bridgehead atoms. The van der Waals surface area contributed by atoms with Gasteiger partial charge in [-0.25, -0.2) is 0 Å². The Morgan fingerprint density at radius 1 is 1.14 bits per heavy atom. The molecule has 1 amide bonds. The number of nitrogens with one attached hydrogen (secondary N) is 2. The van der Waals surface area contributed by atoms with Gasteiger partial charge in [-0.2, -0.15) is 5.10 Å². The van der Waals surface area contributed by atoms with Crippen LogP contribution in [0.5, 0.6) is 5.75 Å². The molecule has 2 N–H and O–H groups in total. The molecule has 1 fully saturated rings. The van der Waals surface area contributed by atoms with Gasteiger partial charge in [-0.1, -0.05) is 6.07 Å². The van der Waals surface area contributed by atoms with E-state index in [2.05, 4.69) is 20.3 Å². The van der Waals surface area contributed by atoms with E-state index >= 15 is 0 Å². The van der Waals surface area contributed by atoms with Gasteiger partial charge in [0.05, 0.1) is 43.3 Å². The summed E-state index contributed by atoms with van der Waals surface area (Å²) in [6.45, 7) is 4.50. The molecule has 0 saturated carbocycles. The molecule has 3 heterocycles. The Hall–Kier alpha value is -4.11. The molecule has 9 heteroatoms. The molecule has 5 rings (SSSR count). The van der Waals surface area contributed by atoms with Crippen LogP contribution in [-0.4, -0.2) is 54.1 Å². The number of hydrogen-bond donors (Lipinski definition) is 2. The fourth-order valence-corrected chi connectivity index (χ4v) is 4.46. The van der Waals surface area contributed by atoms with Crippen molar-refractivity contribution in [3.63, 3.8) is 0 Å². The van der Waals surface area contributed by atoms with Crippen molar-refractivity contribution in [1.29, 1.82) is 0 Å².